The number of ether oxygens (including phenoxy) is 1. The molecule has 0 aliphatic rings. The summed E-state index contributed by atoms with van der Waals surface area (Å²) in [7, 11) is 1.73. The van der Waals surface area contributed by atoms with Crippen molar-refractivity contribution < 1.29 is 4.74 Å². The molecule has 0 amide bonds. The minimum atomic E-state index is 0.328. The van der Waals surface area contributed by atoms with Crippen molar-refractivity contribution in [2.75, 3.05) is 0 Å². The van der Waals surface area contributed by atoms with Crippen LogP contribution in [-0.2, 0) is 20.2 Å². The average Bonchev–Trinajstić information content (AvgIpc) is 2.80. The van der Waals surface area contributed by atoms with Crippen molar-refractivity contribution in [1.82, 2.24) is 25.5 Å². The number of nitrogens with one attached hydrogen (secondary N) is 1. The third kappa shape index (κ3) is 4.33. The minimum absolute atomic E-state index is 0.328. The van der Waals surface area contributed by atoms with Crippen LogP contribution in [0.1, 0.15) is 25.2 Å². The van der Waals surface area contributed by atoms with Crippen LogP contribution in [0.2, 0.25) is 0 Å². The van der Waals surface area contributed by atoms with E-state index < -0.39 is 0 Å². The molecule has 0 unspecified atom stereocenters. The van der Waals surface area contributed by atoms with E-state index in [4.69, 9.17) is 4.74 Å². The third-order valence-electron chi connectivity index (χ3n) is 2.53. The van der Waals surface area contributed by atoms with Gasteiger partial charge >= 0.3 is 0 Å². The van der Waals surface area contributed by atoms with E-state index in [0.29, 0.717) is 18.5 Å². The summed E-state index contributed by atoms with van der Waals surface area (Å²) in [4.78, 5) is 1.42. The fraction of sp³-hybridized carbons (Fsp3) is 0.462. The van der Waals surface area contributed by atoms with Crippen LogP contribution in [0.5, 0.6) is 5.75 Å². The van der Waals surface area contributed by atoms with Gasteiger partial charge in [-0.05, 0) is 22.9 Å². The second-order valence-corrected chi connectivity index (χ2v) is 4.67. The zero-order valence-corrected chi connectivity index (χ0v) is 11.5. The summed E-state index contributed by atoms with van der Waals surface area (Å²) >= 11 is 0. The van der Waals surface area contributed by atoms with Crippen LogP contribution in [0.3, 0.4) is 0 Å². The molecule has 0 spiro atoms. The topological polar surface area (TPSA) is 64.9 Å². The van der Waals surface area contributed by atoms with E-state index >= 15 is 0 Å². The summed E-state index contributed by atoms with van der Waals surface area (Å²) in [6.07, 6.45) is 0. The molecule has 1 N–H and O–H groups in total. The lowest BCUT2D eigenvalue weighted by atomic mass is 10.2. The van der Waals surface area contributed by atoms with E-state index in [1.807, 2.05) is 18.2 Å². The molecular weight excluding hydrogens is 242 g/mol. The highest BCUT2D eigenvalue weighted by Crippen LogP contribution is 2.14. The molecule has 0 aliphatic heterocycles. The van der Waals surface area contributed by atoms with E-state index in [1.165, 1.54) is 10.4 Å². The molecule has 19 heavy (non-hydrogen) atoms. The first-order valence-corrected chi connectivity index (χ1v) is 6.31. The maximum Gasteiger partial charge on any atom is 0.212 e. The van der Waals surface area contributed by atoms with E-state index in [-0.39, 0.29) is 0 Å². The van der Waals surface area contributed by atoms with Gasteiger partial charge in [-0.1, -0.05) is 26.0 Å². The highest BCUT2D eigenvalue weighted by molar-refractivity contribution is 5.28. The molecule has 0 atom stereocenters. The lowest BCUT2D eigenvalue weighted by Gasteiger charge is -2.09. The molecule has 6 nitrogen and oxygen atoms in total. The summed E-state index contributed by atoms with van der Waals surface area (Å²) in [5.74, 6) is 1.39. The minimum Gasteiger partial charge on any atom is -0.485 e. The van der Waals surface area contributed by atoms with Crippen molar-refractivity contribution in [3.05, 3.63) is 35.7 Å². The number of aryl methyl sites for hydroxylation is 1. The first kappa shape index (κ1) is 13.5. The number of rotatable bonds is 6. The molecule has 2 aromatic rings. The summed E-state index contributed by atoms with van der Waals surface area (Å²) in [5.41, 5.74) is 1.19. The smallest absolute Gasteiger partial charge is 0.212 e. The van der Waals surface area contributed by atoms with E-state index in [0.717, 1.165) is 12.3 Å². The van der Waals surface area contributed by atoms with Gasteiger partial charge in [-0.15, -0.1) is 10.2 Å². The molecule has 0 saturated heterocycles. The van der Waals surface area contributed by atoms with Gasteiger partial charge in [0.05, 0.1) is 7.05 Å². The van der Waals surface area contributed by atoms with E-state index in [9.17, 15) is 0 Å². The lowest BCUT2D eigenvalue weighted by molar-refractivity contribution is 0.295. The quantitative estimate of drug-likeness (QED) is 0.848. The molecule has 0 bridgehead atoms. The third-order valence-corrected chi connectivity index (χ3v) is 2.53. The molecule has 1 heterocycles. The molecule has 102 valence electrons. The molecule has 0 saturated carbocycles. The Labute approximate surface area is 112 Å². The summed E-state index contributed by atoms with van der Waals surface area (Å²) in [5, 5.41) is 15.1. The van der Waals surface area contributed by atoms with Crippen molar-refractivity contribution in [3.63, 3.8) is 0 Å². The van der Waals surface area contributed by atoms with Crippen LogP contribution in [0, 0.1) is 0 Å². The number of tetrazole rings is 1. The van der Waals surface area contributed by atoms with Gasteiger partial charge in [0.25, 0.3) is 0 Å². The van der Waals surface area contributed by atoms with Gasteiger partial charge in [0.1, 0.15) is 5.75 Å². The second kappa shape index (κ2) is 6.29. The molecule has 0 radical (unpaired) electrons. The maximum absolute atomic E-state index is 5.65. The van der Waals surface area contributed by atoms with Gasteiger partial charge in [0.2, 0.25) is 5.82 Å². The van der Waals surface area contributed by atoms with Crippen molar-refractivity contribution >= 4 is 0 Å². The van der Waals surface area contributed by atoms with Gasteiger partial charge in [-0.3, -0.25) is 0 Å². The molecular formula is C13H19N5O. The fourth-order valence-electron chi connectivity index (χ4n) is 1.60. The summed E-state index contributed by atoms with van der Waals surface area (Å²) < 4.78 is 5.65. The highest BCUT2D eigenvalue weighted by atomic mass is 16.5. The van der Waals surface area contributed by atoms with Crippen LogP contribution < -0.4 is 10.1 Å². The monoisotopic (exact) mass is 261 g/mol. The van der Waals surface area contributed by atoms with E-state index in [2.05, 4.69) is 40.6 Å². The van der Waals surface area contributed by atoms with Gasteiger partial charge in [-0.25, -0.2) is 0 Å². The Morgan fingerprint density at radius 3 is 2.89 bits per heavy atom. The largest absolute Gasteiger partial charge is 0.485 e. The van der Waals surface area contributed by atoms with Crippen molar-refractivity contribution in [2.45, 2.75) is 33.0 Å². The first-order chi connectivity index (χ1) is 9.13. The zero-order chi connectivity index (χ0) is 13.7. The van der Waals surface area contributed by atoms with Gasteiger partial charge in [-0.2, -0.15) is 4.80 Å². The standard InChI is InChI=1S/C13H19N5O/c1-10(2)14-8-11-5-4-6-12(7-11)19-9-13-15-17-18(3)16-13/h4-7,10,14H,8-9H2,1-3H3. The van der Waals surface area contributed by atoms with Crippen molar-refractivity contribution in [1.29, 1.82) is 0 Å². The molecule has 0 fully saturated rings. The number of nitrogens with zero attached hydrogens (tertiary/aromatic N) is 4. The second-order valence-electron chi connectivity index (χ2n) is 4.67. The van der Waals surface area contributed by atoms with Crippen molar-refractivity contribution in [2.24, 2.45) is 7.05 Å². The Balaban J connectivity index is 1.91. The molecule has 0 aliphatic carbocycles. The predicted octanol–water partition coefficient (Wildman–Crippen LogP) is 1.29. The maximum atomic E-state index is 5.65. The Morgan fingerprint density at radius 2 is 2.21 bits per heavy atom. The SMILES string of the molecule is CC(C)NCc1cccc(OCc2nnn(C)n2)c1. The Hall–Kier alpha value is -1.95. The number of aromatic nitrogens is 4. The fourth-order valence-corrected chi connectivity index (χ4v) is 1.60. The van der Waals surface area contributed by atoms with Crippen LogP contribution in [0.25, 0.3) is 0 Å². The average molecular weight is 261 g/mol. The van der Waals surface area contributed by atoms with Crippen molar-refractivity contribution in [3.8, 4) is 5.75 Å². The Kier molecular flexibility index (Phi) is 4.46. The van der Waals surface area contributed by atoms with Crippen LogP contribution in [0.4, 0.5) is 0 Å². The number of hydrogen-bond acceptors (Lipinski definition) is 5. The molecule has 2 rings (SSSR count). The lowest BCUT2D eigenvalue weighted by Crippen LogP contribution is -2.21. The summed E-state index contributed by atoms with van der Waals surface area (Å²) in [6, 6.07) is 8.47. The predicted molar refractivity (Wildman–Crippen MR) is 71.5 cm³/mol. The number of benzene rings is 1. The Bertz CT molecular complexity index is 523. The molecule has 6 heteroatoms. The van der Waals surface area contributed by atoms with Gasteiger partial charge < -0.3 is 10.1 Å². The van der Waals surface area contributed by atoms with Crippen LogP contribution >= 0.6 is 0 Å². The zero-order valence-electron chi connectivity index (χ0n) is 11.5. The van der Waals surface area contributed by atoms with E-state index in [1.54, 1.807) is 7.05 Å². The highest BCUT2D eigenvalue weighted by Gasteiger charge is 2.03. The normalized spacial score (nSPS) is 10.9. The van der Waals surface area contributed by atoms with Crippen LogP contribution in [-0.4, -0.2) is 26.2 Å². The number of hydrogen-bond donors (Lipinski definition) is 1. The molecule has 1 aromatic carbocycles. The van der Waals surface area contributed by atoms with Gasteiger partial charge in [0.15, 0.2) is 6.61 Å². The Morgan fingerprint density at radius 1 is 1.37 bits per heavy atom. The first-order valence-electron chi connectivity index (χ1n) is 6.31. The summed E-state index contributed by atoms with van der Waals surface area (Å²) in [6.45, 7) is 5.41. The van der Waals surface area contributed by atoms with Crippen LogP contribution in [0.15, 0.2) is 24.3 Å². The molecule has 1 aromatic heterocycles. The van der Waals surface area contributed by atoms with Gasteiger partial charge in [0, 0.05) is 12.6 Å².